The second-order valence-corrected chi connectivity index (χ2v) is 12.3. The molecule has 1 saturated carbocycles. The first-order valence-corrected chi connectivity index (χ1v) is 15.4. The van der Waals surface area contributed by atoms with Gasteiger partial charge >= 0.3 is 0 Å². The van der Waals surface area contributed by atoms with E-state index in [9.17, 15) is 9.59 Å². The number of halogens is 2. The van der Waals surface area contributed by atoms with E-state index >= 15 is 0 Å². The third-order valence-electron chi connectivity index (χ3n) is 6.65. The molecule has 0 radical (unpaired) electrons. The highest BCUT2D eigenvalue weighted by molar-refractivity contribution is 9.10. The van der Waals surface area contributed by atoms with Gasteiger partial charge in [0, 0.05) is 33.7 Å². The number of carbonyl (C=O) groups is 2. The molecule has 0 aromatic heterocycles. The Morgan fingerprint density at radius 3 is 2.05 bits per heavy atom. The van der Waals surface area contributed by atoms with E-state index in [0.29, 0.717) is 18.7 Å². The standard InChI is InChI=1S/C30H32Br2N2O2S/c31-25-14-10-23(11-15-25)19-34(29(35)21-37-20-24-12-16-26(32)17-13-24)28(18-22-6-2-1-3-7-22)30(36)33-27-8-4-5-9-27/h1-3,6-7,10-17,27-28H,4-5,8-9,18-21H2,(H,33,36)/t28-/m0/s1. The number of thioether (sulfide) groups is 1. The molecule has 3 aromatic carbocycles. The summed E-state index contributed by atoms with van der Waals surface area (Å²) in [6.45, 7) is 0.389. The van der Waals surface area contributed by atoms with Crippen LogP contribution in [0.1, 0.15) is 42.4 Å². The van der Waals surface area contributed by atoms with Crippen LogP contribution in [0.2, 0.25) is 0 Å². The Bertz CT molecular complexity index is 1150. The summed E-state index contributed by atoms with van der Waals surface area (Å²) in [7, 11) is 0. The molecule has 0 aliphatic heterocycles. The van der Waals surface area contributed by atoms with E-state index in [0.717, 1.165) is 51.5 Å². The van der Waals surface area contributed by atoms with Gasteiger partial charge in [0.2, 0.25) is 11.8 Å². The fraction of sp³-hybridized carbons (Fsp3) is 0.333. The molecule has 1 fully saturated rings. The summed E-state index contributed by atoms with van der Waals surface area (Å²) in [6, 6.07) is 25.7. The minimum Gasteiger partial charge on any atom is -0.352 e. The number of rotatable bonds is 11. The molecule has 0 saturated heterocycles. The lowest BCUT2D eigenvalue weighted by Crippen LogP contribution is -2.52. The molecule has 0 heterocycles. The molecule has 37 heavy (non-hydrogen) atoms. The minimum absolute atomic E-state index is 0.0208. The second kappa shape index (κ2) is 14.2. The molecule has 0 unspecified atom stereocenters. The quantitative estimate of drug-likeness (QED) is 0.242. The summed E-state index contributed by atoms with van der Waals surface area (Å²) in [5, 5.41) is 3.27. The van der Waals surface area contributed by atoms with Crippen LogP contribution >= 0.6 is 43.6 Å². The lowest BCUT2D eigenvalue weighted by Gasteiger charge is -2.32. The molecule has 1 aliphatic carbocycles. The third-order valence-corrected chi connectivity index (χ3v) is 8.69. The molecule has 194 valence electrons. The zero-order valence-corrected chi connectivity index (χ0v) is 24.7. The monoisotopic (exact) mass is 642 g/mol. The molecule has 1 N–H and O–H groups in total. The predicted octanol–water partition coefficient (Wildman–Crippen LogP) is 7.14. The van der Waals surface area contributed by atoms with E-state index in [1.54, 1.807) is 16.7 Å². The van der Waals surface area contributed by atoms with Gasteiger partial charge in [-0.15, -0.1) is 11.8 Å². The van der Waals surface area contributed by atoms with Crippen molar-refractivity contribution in [3.8, 4) is 0 Å². The summed E-state index contributed by atoms with van der Waals surface area (Å²) in [5.41, 5.74) is 3.21. The highest BCUT2D eigenvalue weighted by Gasteiger charge is 2.32. The molecular formula is C30H32Br2N2O2S. The summed E-state index contributed by atoms with van der Waals surface area (Å²) in [5.74, 6) is 0.976. The number of hydrogen-bond acceptors (Lipinski definition) is 3. The number of amides is 2. The Morgan fingerprint density at radius 1 is 0.838 bits per heavy atom. The normalized spacial score (nSPS) is 14.3. The van der Waals surface area contributed by atoms with Crippen molar-refractivity contribution in [3.05, 3.63) is 104 Å². The predicted molar refractivity (Wildman–Crippen MR) is 159 cm³/mol. The van der Waals surface area contributed by atoms with Crippen molar-refractivity contribution in [1.82, 2.24) is 10.2 Å². The zero-order valence-electron chi connectivity index (χ0n) is 20.7. The number of nitrogens with zero attached hydrogens (tertiary/aromatic N) is 1. The molecule has 7 heteroatoms. The molecule has 3 aromatic rings. The molecule has 1 atom stereocenters. The van der Waals surface area contributed by atoms with E-state index in [2.05, 4.69) is 49.3 Å². The smallest absolute Gasteiger partial charge is 0.243 e. The minimum atomic E-state index is -0.576. The van der Waals surface area contributed by atoms with E-state index in [-0.39, 0.29) is 17.9 Å². The first-order valence-electron chi connectivity index (χ1n) is 12.7. The van der Waals surface area contributed by atoms with Gasteiger partial charge in [0.1, 0.15) is 6.04 Å². The highest BCUT2D eigenvalue weighted by atomic mass is 79.9. The van der Waals surface area contributed by atoms with Crippen LogP contribution in [0.25, 0.3) is 0 Å². The van der Waals surface area contributed by atoms with Crippen molar-refractivity contribution >= 4 is 55.4 Å². The molecule has 0 bridgehead atoms. The molecule has 2 amide bonds. The lowest BCUT2D eigenvalue weighted by atomic mass is 10.0. The van der Waals surface area contributed by atoms with Gasteiger partial charge in [-0.3, -0.25) is 9.59 Å². The average molecular weight is 644 g/mol. The topological polar surface area (TPSA) is 49.4 Å². The molecular weight excluding hydrogens is 612 g/mol. The fourth-order valence-electron chi connectivity index (χ4n) is 4.63. The van der Waals surface area contributed by atoms with Crippen molar-refractivity contribution in [1.29, 1.82) is 0 Å². The van der Waals surface area contributed by atoms with Gasteiger partial charge in [0.25, 0.3) is 0 Å². The second-order valence-electron chi connectivity index (χ2n) is 9.46. The van der Waals surface area contributed by atoms with Crippen LogP contribution in [0.5, 0.6) is 0 Å². The number of benzene rings is 3. The number of hydrogen-bond donors (Lipinski definition) is 1. The molecule has 4 rings (SSSR count). The van der Waals surface area contributed by atoms with E-state index in [1.807, 2.05) is 66.7 Å². The number of nitrogens with one attached hydrogen (secondary N) is 1. The Balaban J connectivity index is 1.55. The summed E-state index contributed by atoms with van der Waals surface area (Å²) >= 11 is 8.55. The van der Waals surface area contributed by atoms with Gasteiger partial charge in [-0.05, 0) is 53.8 Å². The van der Waals surface area contributed by atoms with Gasteiger partial charge in [0.15, 0.2) is 0 Å². The maximum Gasteiger partial charge on any atom is 0.243 e. The lowest BCUT2D eigenvalue weighted by molar-refractivity contribution is -0.139. The van der Waals surface area contributed by atoms with Crippen molar-refractivity contribution in [2.24, 2.45) is 0 Å². The first-order chi connectivity index (χ1) is 18.0. The molecule has 4 nitrogen and oxygen atoms in total. The van der Waals surface area contributed by atoms with Crippen LogP contribution < -0.4 is 5.32 Å². The van der Waals surface area contributed by atoms with Crippen molar-refractivity contribution in [2.45, 2.75) is 56.5 Å². The molecule has 1 aliphatic rings. The highest BCUT2D eigenvalue weighted by Crippen LogP contribution is 2.22. The van der Waals surface area contributed by atoms with Crippen molar-refractivity contribution < 1.29 is 9.59 Å². The Hall–Kier alpha value is -2.09. The van der Waals surface area contributed by atoms with Crippen LogP contribution in [0.4, 0.5) is 0 Å². The Morgan fingerprint density at radius 2 is 1.43 bits per heavy atom. The van der Waals surface area contributed by atoms with Crippen LogP contribution in [0.15, 0.2) is 87.8 Å². The average Bonchev–Trinajstić information content (AvgIpc) is 3.42. The zero-order chi connectivity index (χ0) is 26.0. The first kappa shape index (κ1) is 27.9. The maximum atomic E-state index is 13.7. The van der Waals surface area contributed by atoms with Crippen LogP contribution in [-0.4, -0.2) is 34.6 Å². The van der Waals surface area contributed by atoms with Crippen LogP contribution in [0.3, 0.4) is 0 Å². The summed E-state index contributed by atoms with van der Waals surface area (Å²) in [4.78, 5) is 29.2. The Labute approximate surface area is 240 Å². The largest absolute Gasteiger partial charge is 0.352 e. The van der Waals surface area contributed by atoms with Crippen LogP contribution in [0, 0.1) is 0 Å². The van der Waals surface area contributed by atoms with Gasteiger partial charge in [-0.25, -0.2) is 0 Å². The van der Waals surface area contributed by atoms with E-state index < -0.39 is 6.04 Å². The number of carbonyl (C=O) groups excluding carboxylic acids is 2. The van der Waals surface area contributed by atoms with Gasteiger partial charge < -0.3 is 10.2 Å². The maximum absolute atomic E-state index is 13.7. The Kier molecular flexibility index (Phi) is 10.7. The van der Waals surface area contributed by atoms with E-state index in [1.165, 1.54) is 5.56 Å². The van der Waals surface area contributed by atoms with Crippen LogP contribution in [-0.2, 0) is 28.3 Å². The summed E-state index contributed by atoms with van der Waals surface area (Å²) < 4.78 is 2.02. The van der Waals surface area contributed by atoms with Gasteiger partial charge in [-0.2, -0.15) is 0 Å². The van der Waals surface area contributed by atoms with Gasteiger partial charge in [0.05, 0.1) is 5.75 Å². The molecule has 0 spiro atoms. The van der Waals surface area contributed by atoms with Gasteiger partial charge in [-0.1, -0.05) is 99.3 Å². The summed E-state index contributed by atoms with van der Waals surface area (Å²) in [6.07, 6.45) is 4.78. The fourth-order valence-corrected chi connectivity index (χ4v) is 6.03. The van der Waals surface area contributed by atoms with Crippen molar-refractivity contribution in [3.63, 3.8) is 0 Å². The van der Waals surface area contributed by atoms with E-state index in [4.69, 9.17) is 0 Å². The van der Waals surface area contributed by atoms with Crippen molar-refractivity contribution in [2.75, 3.05) is 5.75 Å². The third kappa shape index (κ3) is 8.72. The SMILES string of the molecule is O=C(NC1CCCC1)[C@H](Cc1ccccc1)N(Cc1ccc(Br)cc1)C(=O)CSCc1ccc(Br)cc1.